The SMILES string of the molecule is Cc1cccc(COC2CCCN(C(=O)c3ccccc3)C2)c1. The normalized spacial score (nSPS) is 18.0. The van der Waals surface area contributed by atoms with Crippen molar-refractivity contribution in [3.05, 3.63) is 71.3 Å². The van der Waals surface area contributed by atoms with Crippen molar-refractivity contribution >= 4 is 5.91 Å². The Labute approximate surface area is 137 Å². The number of carbonyl (C=O) groups is 1. The van der Waals surface area contributed by atoms with E-state index in [-0.39, 0.29) is 12.0 Å². The van der Waals surface area contributed by atoms with Crippen LogP contribution in [0, 0.1) is 6.92 Å². The predicted molar refractivity (Wildman–Crippen MR) is 91.3 cm³/mol. The highest BCUT2D eigenvalue weighted by molar-refractivity contribution is 5.94. The van der Waals surface area contributed by atoms with Gasteiger partial charge in [0.1, 0.15) is 0 Å². The topological polar surface area (TPSA) is 29.5 Å². The molecule has 3 nitrogen and oxygen atoms in total. The van der Waals surface area contributed by atoms with Crippen LogP contribution in [0.15, 0.2) is 54.6 Å². The molecule has 1 saturated heterocycles. The summed E-state index contributed by atoms with van der Waals surface area (Å²) >= 11 is 0. The zero-order valence-corrected chi connectivity index (χ0v) is 13.6. The number of carbonyl (C=O) groups excluding carboxylic acids is 1. The van der Waals surface area contributed by atoms with Gasteiger partial charge in [0.15, 0.2) is 0 Å². The van der Waals surface area contributed by atoms with Crippen molar-refractivity contribution in [2.24, 2.45) is 0 Å². The van der Waals surface area contributed by atoms with E-state index in [2.05, 4.69) is 31.2 Å². The zero-order valence-electron chi connectivity index (χ0n) is 13.6. The smallest absolute Gasteiger partial charge is 0.253 e. The van der Waals surface area contributed by atoms with E-state index in [0.29, 0.717) is 13.2 Å². The first-order valence-corrected chi connectivity index (χ1v) is 8.24. The maximum atomic E-state index is 12.5. The second-order valence-corrected chi connectivity index (χ2v) is 6.18. The minimum absolute atomic E-state index is 0.106. The van der Waals surface area contributed by atoms with Crippen LogP contribution in [0.1, 0.15) is 34.3 Å². The van der Waals surface area contributed by atoms with Gasteiger partial charge in [0, 0.05) is 18.7 Å². The lowest BCUT2D eigenvalue weighted by Gasteiger charge is -2.32. The number of amides is 1. The average molecular weight is 309 g/mol. The Bertz CT molecular complexity index is 654. The molecule has 1 fully saturated rings. The van der Waals surface area contributed by atoms with Gasteiger partial charge in [-0.15, -0.1) is 0 Å². The predicted octanol–water partition coefficient (Wildman–Crippen LogP) is 3.82. The van der Waals surface area contributed by atoms with E-state index in [4.69, 9.17) is 4.74 Å². The molecule has 0 N–H and O–H groups in total. The molecule has 0 aromatic heterocycles. The van der Waals surface area contributed by atoms with E-state index in [0.717, 1.165) is 24.9 Å². The summed E-state index contributed by atoms with van der Waals surface area (Å²) in [7, 11) is 0. The van der Waals surface area contributed by atoms with Crippen LogP contribution < -0.4 is 0 Å². The number of benzene rings is 2. The molecule has 0 radical (unpaired) electrons. The van der Waals surface area contributed by atoms with Crippen LogP contribution in [0.3, 0.4) is 0 Å². The summed E-state index contributed by atoms with van der Waals surface area (Å²) in [6.45, 7) is 4.20. The molecule has 3 rings (SSSR count). The van der Waals surface area contributed by atoms with Crippen molar-refractivity contribution in [1.82, 2.24) is 4.90 Å². The van der Waals surface area contributed by atoms with Crippen molar-refractivity contribution in [2.75, 3.05) is 13.1 Å². The first-order valence-electron chi connectivity index (χ1n) is 8.24. The second kappa shape index (κ2) is 7.42. The Morgan fingerprint density at radius 2 is 2.00 bits per heavy atom. The number of nitrogens with zero attached hydrogens (tertiary/aromatic N) is 1. The van der Waals surface area contributed by atoms with Gasteiger partial charge in [-0.2, -0.15) is 0 Å². The highest BCUT2D eigenvalue weighted by atomic mass is 16.5. The lowest BCUT2D eigenvalue weighted by molar-refractivity contribution is -0.00673. The Hall–Kier alpha value is -2.13. The lowest BCUT2D eigenvalue weighted by atomic mass is 10.1. The standard InChI is InChI=1S/C20H23NO2/c1-16-7-5-8-17(13-16)15-23-19-11-6-12-21(14-19)20(22)18-9-3-2-4-10-18/h2-5,7-10,13,19H,6,11-12,14-15H2,1H3. The molecule has 23 heavy (non-hydrogen) atoms. The van der Waals surface area contributed by atoms with Gasteiger partial charge in [-0.05, 0) is 37.5 Å². The van der Waals surface area contributed by atoms with Crippen LogP contribution in [0.25, 0.3) is 0 Å². The fourth-order valence-electron chi connectivity index (χ4n) is 3.04. The Kier molecular flexibility index (Phi) is 5.09. The first kappa shape index (κ1) is 15.8. The highest BCUT2D eigenvalue weighted by Crippen LogP contribution is 2.18. The molecule has 2 aromatic rings. The van der Waals surface area contributed by atoms with Gasteiger partial charge in [0.25, 0.3) is 5.91 Å². The van der Waals surface area contributed by atoms with E-state index in [9.17, 15) is 4.79 Å². The third-order valence-electron chi connectivity index (χ3n) is 4.25. The zero-order chi connectivity index (χ0) is 16.1. The van der Waals surface area contributed by atoms with E-state index in [1.807, 2.05) is 35.2 Å². The van der Waals surface area contributed by atoms with Crippen molar-refractivity contribution < 1.29 is 9.53 Å². The molecule has 0 bridgehead atoms. The Morgan fingerprint density at radius 1 is 1.17 bits per heavy atom. The van der Waals surface area contributed by atoms with Crippen LogP contribution >= 0.6 is 0 Å². The molecule has 120 valence electrons. The number of ether oxygens (including phenoxy) is 1. The number of hydrogen-bond acceptors (Lipinski definition) is 2. The van der Waals surface area contributed by atoms with E-state index >= 15 is 0 Å². The summed E-state index contributed by atoms with van der Waals surface area (Å²) in [5, 5.41) is 0. The van der Waals surface area contributed by atoms with E-state index < -0.39 is 0 Å². The molecular formula is C20H23NO2. The summed E-state index contributed by atoms with van der Waals surface area (Å²) in [5.74, 6) is 0.106. The van der Waals surface area contributed by atoms with Gasteiger partial charge < -0.3 is 9.64 Å². The Morgan fingerprint density at radius 3 is 2.78 bits per heavy atom. The summed E-state index contributed by atoms with van der Waals surface area (Å²) < 4.78 is 6.05. The Balaban J connectivity index is 1.57. The van der Waals surface area contributed by atoms with Gasteiger partial charge in [0.05, 0.1) is 12.7 Å². The van der Waals surface area contributed by atoms with Gasteiger partial charge in [-0.1, -0.05) is 48.0 Å². The van der Waals surface area contributed by atoms with Crippen molar-refractivity contribution in [2.45, 2.75) is 32.5 Å². The molecule has 1 atom stereocenters. The van der Waals surface area contributed by atoms with E-state index in [1.165, 1.54) is 11.1 Å². The summed E-state index contributed by atoms with van der Waals surface area (Å²) in [4.78, 5) is 14.5. The van der Waals surface area contributed by atoms with Crippen LogP contribution in [0.2, 0.25) is 0 Å². The summed E-state index contributed by atoms with van der Waals surface area (Å²) in [5.41, 5.74) is 3.19. The molecule has 1 heterocycles. The molecular weight excluding hydrogens is 286 g/mol. The number of hydrogen-bond donors (Lipinski definition) is 0. The lowest BCUT2D eigenvalue weighted by Crippen LogP contribution is -2.43. The number of likely N-dealkylation sites (tertiary alicyclic amines) is 1. The maximum Gasteiger partial charge on any atom is 0.253 e. The first-order chi connectivity index (χ1) is 11.2. The third kappa shape index (κ3) is 4.20. The maximum absolute atomic E-state index is 12.5. The molecule has 0 spiro atoms. The molecule has 1 unspecified atom stereocenters. The molecule has 1 amide bonds. The molecule has 2 aromatic carbocycles. The van der Waals surface area contributed by atoms with Crippen molar-refractivity contribution in [3.63, 3.8) is 0 Å². The van der Waals surface area contributed by atoms with Gasteiger partial charge in [-0.25, -0.2) is 0 Å². The molecule has 1 aliphatic rings. The third-order valence-corrected chi connectivity index (χ3v) is 4.25. The molecule has 0 saturated carbocycles. The molecule has 3 heteroatoms. The van der Waals surface area contributed by atoms with Crippen molar-refractivity contribution in [1.29, 1.82) is 0 Å². The summed E-state index contributed by atoms with van der Waals surface area (Å²) in [6, 6.07) is 17.9. The van der Waals surface area contributed by atoms with E-state index in [1.54, 1.807) is 0 Å². The fraction of sp³-hybridized carbons (Fsp3) is 0.350. The minimum atomic E-state index is 0.106. The monoisotopic (exact) mass is 309 g/mol. The van der Waals surface area contributed by atoms with Crippen LogP contribution in [-0.2, 0) is 11.3 Å². The number of piperidine rings is 1. The van der Waals surface area contributed by atoms with Gasteiger partial charge >= 0.3 is 0 Å². The average Bonchev–Trinajstić information content (AvgIpc) is 2.60. The fourth-order valence-corrected chi connectivity index (χ4v) is 3.04. The summed E-state index contributed by atoms with van der Waals surface area (Å²) in [6.07, 6.45) is 2.14. The second-order valence-electron chi connectivity index (χ2n) is 6.18. The number of aryl methyl sites for hydroxylation is 1. The largest absolute Gasteiger partial charge is 0.372 e. The van der Waals surface area contributed by atoms with Crippen molar-refractivity contribution in [3.8, 4) is 0 Å². The van der Waals surface area contributed by atoms with Gasteiger partial charge in [-0.3, -0.25) is 4.79 Å². The number of rotatable bonds is 4. The van der Waals surface area contributed by atoms with Crippen LogP contribution in [0.5, 0.6) is 0 Å². The quantitative estimate of drug-likeness (QED) is 0.859. The molecule has 0 aliphatic carbocycles. The molecule has 1 aliphatic heterocycles. The van der Waals surface area contributed by atoms with Crippen LogP contribution in [0.4, 0.5) is 0 Å². The minimum Gasteiger partial charge on any atom is -0.372 e. The van der Waals surface area contributed by atoms with Crippen LogP contribution in [-0.4, -0.2) is 30.0 Å². The highest BCUT2D eigenvalue weighted by Gasteiger charge is 2.24. The van der Waals surface area contributed by atoms with Gasteiger partial charge in [0.2, 0.25) is 0 Å².